The minimum Gasteiger partial charge on any atom is -0.340 e. The van der Waals surface area contributed by atoms with Crippen molar-refractivity contribution in [1.82, 2.24) is 9.80 Å². The van der Waals surface area contributed by atoms with Gasteiger partial charge >= 0.3 is 0 Å². The summed E-state index contributed by atoms with van der Waals surface area (Å²) in [6.07, 6.45) is 0. The first-order chi connectivity index (χ1) is 15.2. The predicted molar refractivity (Wildman–Crippen MR) is 127 cm³/mol. The maximum absolute atomic E-state index is 12.9. The van der Waals surface area contributed by atoms with Gasteiger partial charge in [-0.1, -0.05) is 61.9 Å². The third-order valence-corrected chi connectivity index (χ3v) is 6.44. The number of hydrogen-bond acceptors (Lipinski definition) is 4. The van der Waals surface area contributed by atoms with E-state index in [0.717, 1.165) is 18.7 Å². The van der Waals surface area contributed by atoms with Gasteiger partial charge in [0.05, 0.1) is 4.92 Å². The number of likely N-dealkylation sites (tertiary alicyclic amines) is 1. The average molecular weight is 438 g/mol. The minimum absolute atomic E-state index is 0.0419. The number of nitrogens with zero attached hydrogens (tertiary/aromatic N) is 3. The molecule has 1 heterocycles. The lowest BCUT2D eigenvalue weighted by Crippen LogP contribution is -2.43. The summed E-state index contributed by atoms with van der Waals surface area (Å²) >= 11 is 0. The zero-order valence-electron chi connectivity index (χ0n) is 19.8. The second-order valence-electron chi connectivity index (χ2n) is 9.60. The number of carbonyl (C=O) groups is 1. The van der Waals surface area contributed by atoms with Crippen LogP contribution in [0, 0.1) is 28.9 Å². The lowest BCUT2D eigenvalue weighted by atomic mass is 9.87. The fourth-order valence-electron chi connectivity index (χ4n) is 4.67. The molecule has 0 spiro atoms. The monoisotopic (exact) mass is 437 g/mol. The fourth-order valence-corrected chi connectivity index (χ4v) is 4.67. The van der Waals surface area contributed by atoms with Gasteiger partial charge in [0.1, 0.15) is 0 Å². The maximum atomic E-state index is 12.9. The Morgan fingerprint density at radius 3 is 2.34 bits per heavy atom. The van der Waals surface area contributed by atoms with Gasteiger partial charge in [-0.15, -0.1) is 0 Å². The Balaban J connectivity index is 1.87. The third kappa shape index (κ3) is 5.54. The van der Waals surface area contributed by atoms with Crippen molar-refractivity contribution in [2.45, 2.75) is 53.1 Å². The Morgan fingerprint density at radius 2 is 1.75 bits per heavy atom. The Morgan fingerprint density at radius 1 is 1.09 bits per heavy atom. The van der Waals surface area contributed by atoms with Gasteiger partial charge in [-0.3, -0.25) is 19.8 Å². The van der Waals surface area contributed by atoms with Crippen molar-refractivity contribution in [1.29, 1.82) is 0 Å². The molecule has 0 N–H and O–H groups in total. The Hall–Kier alpha value is -2.73. The zero-order valence-corrected chi connectivity index (χ0v) is 19.8. The van der Waals surface area contributed by atoms with Crippen LogP contribution in [0.4, 0.5) is 5.69 Å². The van der Waals surface area contributed by atoms with E-state index in [9.17, 15) is 14.9 Å². The first kappa shape index (κ1) is 23.9. The molecule has 2 atom stereocenters. The van der Waals surface area contributed by atoms with Crippen molar-refractivity contribution >= 4 is 11.6 Å². The molecule has 1 fully saturated rings. The smallest absolute Gasteiger partial charge is 0.273 e. The van der Waals surface area contributed by atoms with Crippen molar-refractivity contribution in [2.75, 3.05) is 19.6 Å². The molecule has 6 heteroatoms. The van der Waals surface area contributed by atoms with Crippen LogP contribution in [-0.4, -0.2) is 46.3 Å². The predicted octanol–water partition coefficient (Wildman–Crippen LogP) is 5.01. The molecule has 1 amide bonds. The topological polar surface area (TPSA) is 66.7 Å². The second-order valence-corrected chi connectivity index (χ2v) is 9.60. The van der Waals surface area contributed by atoms with Crippen molar-refractivity contribution < 1.29 is 9.72 Å². The van der Waals surface area contributed by atoms with E-state index in [1.807, 2.05) is 30.9 Å². The Bertz CT molecular complexity index is 940. The second kappa shape index (κ2) is 10.3. The number of aryl methyl sites for hydroxylation is 1. The van der Waals surface area contributed by atoms with Crippen LogP contribution in [0.25, 0.3) is 0 Å². The highest BCUT2D eigenvalue weighted by Crippen LogP contribution is 2.35. The summed E-state index contributed by atoms with van der Waals surface area (Å²) in [5.74, 6) is 0.685. The number of benzene rings is 2. The largest absolute Gasteiger partial charge is 0.340 e. The van der Waals surface area contributed by atoms with E-state index in [-0.39, 0.29) is 40.3 Å². The number of para-hydroxylation sites is 1. The summed E-state index contributed by atoms with van der Waals surface area (Å²) in [7, 11) is 0. The van der Waals surface area contributed by atoms with E-state index in [1.165, 1.54) is 11.1 Å². The number of nitro groups is 1. The van der Waals surface area contributed by atoms with Crippen LogP contribution >= 0.6 is 0 Å². The first-order valence-electron chi connectivity index (χ1n) is 11.5. The van der Waals surface area contributed by atoms with Crippen LogP contribution in [0.2, 0.25) is 0 Å². The molecule has 1 saturated heterocycles. The third-order valence-electron chi connectivity index (χ3n) is 6.44. The Labute approximate surface area is 191 Å². The summed E-state index contributed by atoms with van der Waals surface area (Å²) in [5.41, 5.74) is 3.40. The van der Waals surface area contributed by atoms with Gasteiger partial charge in [0.25, 0.3) is 5.69 Å². The number of nitro benzene ring substituents is 1. The van der Waals surface area contributed by atoms with Crippen molar-refractivity contribution in [3.63, 3.8) is 0 Å². The van der Waals surface area contributed by atoms with Crippen LogP contribution in [0.1, 0.15) is 50.3 Å². The number of carbonyl (C=O) groups excluding carboxylic acids is 1. The molecule has 0 radical (unpaired) electrons. The molecule has 0 aromatic heterocycles. The number of rotatable bonds is 8. The quantitative estimate of drug-likeness (QED) is 0.430. The Kier molecular flexibility index (Phi) is 7.67. The molecule has 1 aliphatic rings. The van der Waals surface area contributed by atoms with Crippen LogP contribution in [-0.2, 0) is 11.3 Å². The highest BCUT2D eigenvalue weighted by atomic mass is 16.6. The lowest BCUT2D eigenvalue weighted by molar-refractivity contribution is -0.385. The van der Waals surface area contributed by atoms with E-state index < -0.39 is 0 Å². The van der Waals surface area contributed by atoms with Crippen molar-refractivity contribution in [3.8, 4) is 0 Å². The van der Waals surface area contributed by atoms with E-state index in [0.29, 0.717) is 13.1 Å². The lowest BCUT2D eigenvalue weighted by Gasteiger charge is -2.33. The molecule has 0 aliphatic carbocycles. The van der Waals surface area contributed by atoms with Gasteiger partial charge in [0, 0.05) is 55.7 Å². The summed E-state index contributed by atoms with van der Waals surface area (Å²) in [6.45, 7) is 13.0. The van der Waals surface area contributed by atoms with Crippen LogP contribution in [0.5, 0.6) is 0 Å². The van der Waals surface area contributed by atoms with Crippen molar-refractivity contribution in [2.24, 2.45) is 11.8 Å². The number of amides is 1. The van der Waals surface area contributed by atoms with Gasteiger partial charge in [-0.2, -0.15) is 0 Å². The van der Waals surface area contributed by atoms with E-state index in [4.69, 9.17) is 0 Å². The minimum atomic E-state index is -0.303. The van der Waals surface area contributed by atoms with E-state index in [1.54, 1.807) is 12.1 Å². The van der Waals surface area contributed by atoms with E-state index in [2.05, 4.69) is 49.9 Å². The summed E-state index contributed by atoms with van der Waals surface area (Å²) in [6, 6.07) is 15.8. The van der Waals surface area contributed by atoms with Gasteiger partial charge in [-0.25, -0.2) is 0 Å². The summed E-state index contributed by atoms with van der Waals surface area (Å²) in [5, 5.41) is 11.5. The molecule has 2 aromatic carbocycles. The van der Waals surface area contributed by atoms with E-state index >= 15 is 0 Å². The van der Waals surface area contributed by atoms with Gasteiger partial charge in [0.2, 0.25) is 5.91 Å². The molecular weight excluding hydrogens is 402 g/mol. The molecule has 172 valence electrons. The first-order valence-corrected chi connectivity index (χ1v) is 11.5. The average Bonchev–Trinajstić information content (AvgIpc) is 3.14. The molecule has 2 aromatic rings. The van der Waals surface area contributed by atoms with Gasteiger partial charge < -0.3 is 4.90 Å². The summed E-state index contributed by atoms with van der Waals surface area (Å²) in [4.78, 5) is 28.4. The normalized spacial score (nSPS) is 19.0. The standard InChI is InChI=1S/C26H35N3O3/c1-18(2)26(30)28(19(3)4)16-23-15-27(14-22-8-6-7-9-25(22)29(31)32)17-24(23)21-12-10-20(5)11-13-21/h6-13,18-19,23-24H,14-17H2,1-5H3. The molecule has 2 unspecified atom stereocenters. The highest BCUT2D eigenvalue weighted by Gasteiger charge is 2.37. The molecular formula is C26H35N3O3. The number of hydrogen-bond donors (Lipinski definition) is 0. The molecule has 0 bridgehead atoms. The molecule has 1 aliphatic heterocycles. The van der Waals surface area contributed by atoms with Crippen LogP contribution < -0.4 is 0 Å². The molecule has 0 saturated carbocycles. The molecule has 32 heavy (non-hydrogen) atoms. The maximum Gasteiger partial charge on any atom is 0.273 e. The SMILES string of the molecule is Cc1ccc(C2CN(Cc3ccccc3[N+](=O)[O-])CC2CN(C(=O)C(C)C)C(C)C)cc1. The molecule has 6 nitrogen and oxygen atoms in total. The zero-order chi connectivity index (χ0) is 23.4. The molecule has 3 rings (SSSR count). The van der Waals surface area contributed by atoms with Crippen molar-refractivity contribution in [3.05, 3.63) is 75.3 Å². The van der Waals surface area contributed by atoms with Gasteiger partial charge in [-0.05, 0) is 32.3 Å². The summed E-state index contributed by atoms with van der Waals surface area (Å²) < 4.78 is 0. The highest BCUT2D eigenvalue weighted by molar-refractivity contribution is 5.78. The van der Waals surface area contributed by atoms with Crippen LogP contribution in [0.3, 0.4) is 0 Å². The van der Waals surface area contributed by atoms with Crippen LogP contribution in [0.15, 0.2) is 48.5 Å². The van der Waals surface area contributed by atoms with Gasteiger partial charge in [0.15, 0.2) is 0 Å². The fraction of sp³-hybridized carbons (Fsp3) is 0.500.